The summed E-state index contributed by atoms with van der Waals surface area (Å²) >= 11 is 0. The van der Waals surface area contributed by atoms with Crippen molar-refractivity contribution < 1.29 is 9.13 Å². The third kappa shape index (κ3) is 4.10. The van der Waals surface area contributed by atoms with E-state index < -0.39 is 0 Å². The number of benzene rings is 1. The van der Waals surface area contributed by atoms with E-state index in [0.29, 0.717) is 18.0 Å². The zero-order valence-electron chi connectivity index (χ0n) is 13.6. The van der Waals surface area contributed by atoms with Crippen LogP contribution < -0.4 is 10.1 Å². The minimum Gasteiger partial charge on any atom is -0.473 e. The van der Waals surface area contributed by atoms with Gasteiger partial charge < -0.3 is 10.1 Å². The lowest BCUT2D eigenvalue weighted by Gasteiger charge is -2.13. The van der Waals surface area contributed by atoms with Crippen LogP contribution in [-0.4, -0.2) is 16.8 Å². The van der Waals surface area contributed by atoms with Crippen LogP contribution in [0.1, 0.15) is 36.9 Å². The van der Waals surface area contributed by atoms with E-state index >= 15 is 0 Å². The predicted octanol–water partition coefficient (Wildman–Crippen LogP) is 3.51. The third-order valence-corrected chi connectivity index (χ3v) is 4.39. The minimum atomic E-state index is -0.232. The van der Waals surface area contributed by atoms with Crippen LogP contribution in [0.5, 0.6) is 5.88 Å². The highest BCUT2D eigenvalue weighted by molar-refractivity contribution is 5.20. The van der Waals surface area contributed by atoms with Gasteiger partial charge in [-0.25, -0.2) is 9.07 Å². The molecule has 0 radical (unpaired) electrons. The van der Waals surface area contributed by atoms with Crippen molar-refractivity contribution in [2.45, 2.75) is 45.4 Å². The first-order valence-corrected chi connectivity index (χ1v) is 8.34. The molecule has 0 unspecified atom stereocenters. The van der Waals surface area contributed by atoms with E-state index in [9.17, 15) is 4.39 Å². The average Bonchev–Trinajstić information content (AvgIpc) is 3.18. The van der Waals surface area contributed by atoms with Crippen molar-refractivity contribution in [1.29, 1.82) is 0 Å². The van der Waals surface area contributed by atoms with E-state index in [0.717, 1.165) is 18.1 Å². The van der Waals surface area contributed by atoms with Gasteiger partial charge in [0.15, 0.2) is 0 Å². The number of nitrogens with one attached hydrogen (secondary N) is 1. The molecule has 1 aliphatic rings. The maximum atomic E-state index is 13.7. The van der Waals surface area contributed by atoms with E-state index in [-0.39, 0.29) is 12.4 Å². The summed E-state index contributed by atoms with van der Waals surface area (Å²) in [5, 5.41) is 7.74. The number of ether oxygens (including phenoxy) is 1. The highest BCUT2D eigenvalue weighted by atomic mass is 19.1. The Morgan fingerprint density at radius 2 is 2.09 bits per heavy atom. The van der Waals surface area contributed by atoms with Crippen molar-refractivity contribution in [2.24, 2.45) is 5.92 Å². The Kier molecular flexibility index (Phi) is 5.28. The Morgan fingerprint density at radius 1 is 1.30 bits per heavy atom. The van der Waals surface area contributed by atoms with Crippen LogP contribution in [0.4, 0.5) is 4.39 Å². The molecular formula is C18H24FN3O. The molecule has 1 aliphatic carbocycles. The normalized spacial score (nSPS) is 15.2. The molecule has 2 aromatic rings. The summed E-state index contributed by atoms with van der Waals surface area (Å²) in [6.07, 6.45) is 5.13. The molecule has 1 fully saturated rings. The first-order valence-electron chi connectivity index (χ1n) is 8.34. The van der Waals surface area contributed by atoms with Gasteiger partial charge in [-0.15, -0.1) is 0 Å². The van der Waals surface area contributed by atoms with Gasteiger partial charge in [0.25, 0.3) is 0 Å². The van der Waals surface area contributed by atoms with Crippen LogP contribution in [0.25, 0.3) is 0 Å². The maximum absolute atomic E-state index is 13.7. The Hall–Kier alpha value is -1.88. The summed E-state index contributed by atoms with van der Waals surface area (Å²) in [5.74, 6) is 1.17. The Balaban J connectivity index is 1.72. The van der Waals surface area contributed by atoms with E-state index in [2.05, 4.69) is 10.4 Å². The molecule has 3 rings (SSSR count). The highest BCUT2D eigenvalue weighted by Gasteiger charge is 2.19. The van der Waals surface area contributed by atoms with Crippen LogP contribution in [0, 0.1) is 11.7 Å². The molecule has 0 bridgehead atoms. The van der Waals surface area contributed by atoms with Gasteiger partial charge in [0, 0.05) is 24.7 Å². The quantitative estimate of drug-likeness (QED) is 0.849. The molecule has 1 saturated carbocycles. The molecule has 1 heterocycles. The maximum Gasteiger partial charge on any atom is 0.212 e. The zero-order chi connectivity index (χ0) is 16.1. The number of hydrogen-bond donors (Lipinski definition) is 1. The van der Waals surface area contributed by atoms with Crippen molar-refractivity contribution >= 4 is 0 Å². The van der Waals surface area contributed by atoms with Crippen LogP contribution in [0.15, 0.2) is 30.3 Å². The molecule has 0 amide bonds. The van der Waals surface area contributed by atoms with Crippen LogP contribution in [-0.2, 0) is 19.7 Å². The molecule has 124 valence electrons. The number of aromatic nitrogens is 2. The van der Waals surface area contributed by atoms with Crippen molar-refractivity contribution in [2.75, 3.05) is 7.05 Å². The number of nitrogens with zero attached hydrogens (tertiary/aromatic N) is 2. The second-order valence-electron chi connectivity index (χ2n) is 6.22. The predicted molar refractivity (Wildman–Crippen MR) is 87.7 cm³/mol. The summed E-state index contributed by atoms with van der Waals surface area (Å²) in [4.78, 5) is 0. The lowest BCUT2D eigenvalue weighted by atomic mass is 10.1. The monoisotopic (exact) mass is 317 g/mol. The molecule has 1 N–H and O–H groups in total. The van der Waals surface area contributed by atoms with Gasteiger partial charge in [0.05, 0.1) is 5.69 Å². The van der Waals surface area contributed by atoms with Gasteiger partial charge in [-0.1, -0.05) is 31.0 Å². The summed E-state index contributed by atoms with van der Waals surface area (Å²) in [7, 11) is 1.90. The molecule has 1 aromatic heterocycles. The van der Waals surface area contributed by atoms with Gasteiger partial charge in [0.1, 0.15) is 12.4 Å². The lowest BCUT2D eigenvalue weighted by molar-refractivity contribution is 0.257. The number of hydrogen-bond acceptors (Lipinski definition) is 3. The number of rotatable bonds is 7. The lowest BCUT2D eigenvalue weighted by Crippen LogP contribution is -2.12. The molecule has 5 heteroatoms. The zero-order valence-corrected chi connectivity index (χ0v) is 13.6. The molecule has 1 aromatic carbocycles. The van der Waals surface area contributed by atoms with E-state index in [1.807, 2.05) is 23.9 Å². The van der Waals surface area contributed by atoms with E-state index in [1.165, 1.54) is 31.7 Å². The molecule has 0 atom stereocenters. The van der Waals surface area contributed by atoms with Crippen molar-refractivity contribution in [3.63, 3.8) is 0 Å². The Morgan fingerprint density at radius 3 is 2.83 bits per heavy atom. The van der Waals surface area contributed by atoms with Crippen molar-refractivity contribution in [3.05, 3.63) is 47.4 Å². The van der Waals surface area contributed by atoms with E-state index in [4.69, 9.17) is 4.74 Å². The van der Waals surface area contributed by atoms with Crippen LogP contribution >= 0.6 is 0 Å². The SMILES string of the molecule is CNCc1cc(OCc2ccccc2F)n(CC2CCCC2)n1. The average molecular weight is 317 g/mol. The Bertz CT molecular complexity index is 635. The summed E-state index contributed by atoms with van der Waals surface area (Å²) < 4.78 is 21.6. The first kappa shape index (κ1) is 16.0. The molecular weight excluding hydrogens is 293 g/mol. The number of halogens is 1. The summed E-state index contributed by atoms with van der Waals surface area (Å²) in [5.41, 5.74) is 1.52. The molecule has 0 aliphatic heterocycles. The topological polar surface area (TPSA) is 39.1 Å². The van der Waals surface area contributed by atoms with Gasteiger partial charge in [-0.2, -0.15) is 5.10 Å². The van der Waals surface area contributed by atoms with Gasteiger partial charge in [0.2, 0.25) is 5.88 Å². The Labute approximate surface area is 136 Å². The van der Waals surface area contributed by atoms with Gasteiger partial charge in [-0.3, -0.25) is 0 Å². The molecule has 4 nitrogen and oxygen atoms in total. The molecule has 0 saturated heterocycles. The third-order valence-electron chi connectivity index (χ3n) is 4.39. The fraction of sp³-hybridized carbons (Fsp3) is 0.500. The summed E-state index contributed by atoms with van der Waals surface area (Å²) in [6, 6.07) is 8.67. The van der Waals surface area contributed by atoms with Crippen molar-refractivity contribution in [1.82, 2.24) is 15.1 Å². The summed E-state index contributed by atoms with van der Waals surface area (Å²) in [6.45, 7) is 1.81. The second-order valence-corrected chi connectivity index (χ2v) is 6.22. The largest absolute Gasteiger partial charge is 0.473 e. The fourth-order valence-electron chi connectivity index (χ4n) is 3.17. The van der Waals surface area contributed by atoms with Gasteiger partial charge in [-0.05, 0) is 31.9 Å². The van der Waals surface area contributed by atoms with E-state index in [1.54, 1.807) is 12.1 Å². The van der Waals surface area contributed by atoms with Crippen LogP contribution in [0.3, 0.4) is 0 Å². The van der Waals surface area contributed by atoms with Crippen LogP contribution in [0.2, 0.25) is 0 Å². The molecule has 23 heavy (non-hydrogen) atoms. The van der Waals surface area contributed by atoms with Gasteiger partial charge >= 0.3 is 0 Å². The fourth-order valence-corrected chi connectivity index (χ4v) is 3.17. The van der Waals surface area contributed by atoms with Crippen molar-refractivity contribution in [3.8, 4) is 5.88 Å². The molecule has 0 spiro atoms. The second kappa shape index (κ2) is 7.59. The highest BCUT2D eigenvalue weighted by Crippen LogP contribution is 2.28. The smallest absolute Gasteiger partial charge is 0.212 e. The minimum absolute atomic E-state index is 0.224. The standard InChI is InChI=1S/C18H24FN3O/c1-20-11-16-10-18(22(21-16)12-14-6-2-3-7-14)23-13-15-8-4-5-9-17(15)19/h4-5,8-10,14,20H,2-3,6-7,11-13H2,1H3. The first-order chi connectivity index (χ1) is 11.3.